The Morgan fingerprint density at radius 2 is 1.61 bits per heavy atom. The Bertz CT molecular complexity index is 555. The number of ether oxygens (including phenoxy) is 2. The third-order valence-corrected chi connectivity index (χ3v) is 4.42. The molecule has 0 aliphatic rings. The summed E-state index contributed by atoms with van der Waals surface area (Å²) in [5.41, 5.74) is -1.75. The highest BCUT2D eigenvalue weighted by Gasteiger charge is 2.35. The van der Waals surface area contributed by atoms with Gasteiger partial charge in [0.2, 0.25) is 0 Å². The monoisotopic (exact) mass is 429 g/mol. The molecule has 1 unspecified atom stereocenters. The molecule has 0 saturated carbocycles. The molecule has 28 heavy (non-hydrogen) atoms. The Balaban J connectivity index is 4.97. The highest BCUT2D eigenvalue weighted by molar-refractivity contribution is 7.53. The summed E-state index contributed by atoms with van der Waals surface area (Å²) in [5, 5.41) is 29.6. The van der Waals surface area contributed by atoms with E-state index in [-0.39, 0.29) is 0 Å². The zero-order valence-corrected chi connectivity index (χ0v) is 18.0. The Labute approximate surface area is 164 Å². The fourth-order valence-electron chi connectivity index (χ4n) is 1.63. The summed E-state index contributed by atoms with van der Waals surface area (Å²) < 4.78 is 33.0. The van der Waals surface area contributed by atoms with Gasteiger partial charge in [-0.05, 0) is 41.5 Å². The van der Waals surface area contributed by atoms with Crippen molar-refractivity contribution in [2.24, 2.45) is 0 Å². The van der Waals surface area contributed by atoms with E-state index < -0.39 is 69.2 Å². The van der Waals surface area contributed by atoms with Crippen molar-refractivity contribution in [1.29, 1.82) is 0 Å². The Morgan fingerprint density at radius 3 is 2.04 bits per heavy atom. The van der Waals surface area contributed by atoms with Crippen LogP contribution in [0.5, 0.6) is 0 Å². The van der Waals surface area contributed by atoms with Crippen LogP contribution in [0.15, 0.2) is 0 Å². The molecule has 1 amide bonds. The Kier molecular flexibility index (Phi) is 10.6. The molecular formula is C16H32NO10P. The van der Waals surface area contributed by atoms with Gasteiger partial charge >= 0.3 is 19.7 Å². The van der Waals surface area contributed by atoms with Crippen molar-refractivity contribution in [3.05, 3.63) is 0 Å². The van der Waals surface area contributed by atoms with E-state index in [1.165, 1.54) is 0 Å². The lowest BCUT2D eigenvalue weighted by molar-refractivity contribution is -0.146. The summed E-state index contributed by atoms with van der Waals surface area (Å²) >= 11 is 0. The van der Waals surface area contributed by atoms with Crippen molar-refractivity contribution < 1.29 is 48.0 Å². The minimum Gasteiger partial charge on any atom is -0.451 e. The van der Waals surface area contributed by atoms with Crippen LogP contribution in [-0.2, 0) is 27.9 Å². The van der Waals surface area contributed by atoms with E-state index in [0.717, 1.165) is 0 Å². The maximum absolute atomic E-state index is 12.8. The first-order valence-corrected chi connectivity index (χ1v) is 10.3. The van der Waals surface area contributed by atoms with Crippen molar-refractivity contribution >= 4 is 19.7 Å². The van der Waals surface area contributed by atoms with E-state index in [4.69, 9.17) is 23.6 Å². The molecule has 0 aromatic heterocycles. The third kappa shape index (κ3) is 12.3. The van der Waals surface area contributed by atoms with Crippen LogP contribution in [0.25, 0.3) is 0 Å². The zero-order valence-electron chi connectivity index (χ0n) is 17.1. The maximum Gasteiger partial charge on any atom is 0.408 e. The van der Waals surface area contributed by atoms with Gasteiger partial charge in [-0.1, -0.05) is 0 Å². The van der Waals surface area contributed by atoms with Crippen LogP contribution in [0.1, 0.15) is 41.5 Å². The Morgan fingerprint density at radius 1 is 1.04 bits per heavy atom. The van der Waals surface area contributed by atoms with Gasteiger partial charge in [0.15, 0.2) is 12.4 Å². The molecule has 0 aromatic carbocycles. The fraction of sp³-hybridized carbons (Fsp3) is 0.875. The van der Waals surface area contributed by atoms with Gasteiger partial charge in [0, 0.05) is 0 Å². The average molecular weight is 429 g/mol. The lowest BCUT2D eigenvalue weighted by atomic mass is 10.2. The summed E-state index contributed by atoms with van der Waals surface area (Å²) in [7, 11) is -4.02. The summed E-state index contributed by atoms with van der Waals surface area (Å²) in [5.74, 6) is -1.09. The number of aliphatic hydroxyl groups is 3. The van der Waals surface area contributed by atoms with Crippen molar-refractivity contribution in [3.63, 3.8) is 0 Å². The predicted octanol–water partition coefficient (Wildman–Crippen LogP) is 0.751. The first-order chi connectivity index (χ1) is 12.6. The number of aliphatic hydroxyl groups excluding tert-OH is 3. The smallest absolute Gasteiger partial charge is 0.408 e. The molecule has 166 valence electrons. The van der Waals surface area contributed by atoms with Crippen LogP contribution in [0.4, 0.5) is 4.79 Å². The first-order valence-electron chi connectivity index (χ1n) is 8.61. The second-order valence-corrected chi connectivity index (χ2v) is 9.84. The van der Waals surface area contributed by atoms with Crippen LogP contribution in [-0.4, -0.2) is 76.9 Å². The van der Waals surface area contributed by atoms with Gasteiger partial charge in [0.25, 0.3) is 0 Å². The number of hydrogen-bond acceptors (Lipinski definition) is 10. The molecule has 0 fully saturated rings. The van der Waals surface area contributed by atoms with E-state index in [0.29, 0.717) is 0 Å². The van der Waals surface area contributed by atoms with E-state index in [1.807, 2.05) is 0 Å². The molecule has 11 nitrogen and oxygen atoms in total. The number of hydrogen-bond donors (Lipinski definition) is 4. The number of esters is 1. The van der Waals surface area contributed by atoms with Crippen molar-refractivity contribution in [3.8, 4) is 0 Å². The summed E-state index contributed by atoms with van der Waals surface area (Å²) in [6.45, 7) is 7.72. The van der Waals surface area contributed by atoms with Gasteiger partial charge in [-0.2, -0.15) is 0 Å². The normalized spacial score (nSPS) is 16.6. The minimum absolute atomic E-state index is 0.513. The van der Waals surface area contributed by atoms with Gasteiger partial charge in [-0.15, -0.1) is 0 Å². The zero-order chi connectivity index (χ0) is 22.2. The highest BCUT2D eigenvalue weighted by Crippen LogP contribution is 2.51. The fourth-order valence-corrected chi connectivity index (χ4v) is 3.33. The SMILES string of the molecule is CC(C)(C)OC(=O)N[C@@H](CO)C(=O)OCP(=O)(OC[C@@H](O)CO)OC(C)(C)C. The van der Waals surface area contributed by atoms with Gasteiger partial charge < -0.3 is 39.2 Å². The molecule has 12 heteroatoms. The minimum atomic E-state index is -4.02. The molecule has 0 spiro atoms. The predicted molar refractivity (Wildman–Crippen MR) is 98.7 cm³/mol. The highest BCUT2D eigenvalue weighted by atomic mass is 31.2. The van der Waals surface area contributed by atoms with Crippen molar-refractivity contribution in [2.75, 3.05) is 26.2 Å². The molecule has 0 aliphatic heterocycles. The molecule has 0 saturated heterocycles. The van der Waals surface area contributed by atoms with Gasteiger partial charge in [-0.3, -0.25) is 4.57 Å². The van der Waals surface area contributed by atoms with Crippen LogP contribution in [0.2, 0.25) is 0 Å². The van der Waals surface area contributed by atoms with Crippen LogP contribution < -0.4 is 5.32 Å². The topological polar surface area (TPSA) is 161 Å². The number of amides is 1. The van der Waals surface area contributed by atoms with E-state index in [1.54, 1.807) is 41.5 Å². The van der Waals surface area contributed by atoms with Gasteiger partial charge in [-0.25, -0.2) is 9.59 Å². The van der Waals surface area contributed by atoms with Crippen molar-refractivity contribution in [1.82, 2.24) is 5.32 Å². The van der Waals surface area contributed by atoms with Crippen molar-refractivity contribution in [2.45, 2.75) is 64.9 Å². The first kappa shape index (κ1) is 26.8. The molecule has 0 bridgehead atoms. The summed E-state index contributed by atoms with van der Waals surface area (Å²) in [6.07, 6.45) is -3.07. The molecule has 0 aromatic rings. The lowest BCUT2D eigenvalue weighted by Crippen LogP contribution is -2.46. The number of nitrogens with one attached hydrogen (secondary N) is 1. The standard InChI is InChI=1S/C16H32NO10P/c1-15(2,3)26-14(22)17-12(8-19)13(21)24-10-28(23,27-16(4,5)6)25-9-11(20)7-18/h11-12,18-20H,7-10H2,1-6H3,(H,17,22)/t11-,12-,28?/m0/s1. The second-order valence-electron chi connectivity index (χ2n) is 7.92. The van der Waals surface area contributed by atoms with Gasteiger partial charge in [0.1, 0.15) is 11.7 Å². The molecule has 4 N–H and O–H groups in total. The van der Waals surface area contributed by atoms with Crippen LogP contribution >= 0.6 is 7.60 Å². The van der Waals surface area contributed by atoms with E-state index >= 15 is 0 Å². The number of carbonyl (C=O) groups excluding carboxylic acids is 2. The molecule has 0 rings (SSSR count). The quantitative estimate of drug-likeness (QED) is 0.288. The average Bonchev–Trinajstić information content (AvgIpc) is 2.52. The number of alkyl carbamates (subject to hydrolysis) is 1. The summed E-state index contributed by atoms with van der Waals surface area (Å²) in [6, 6.07) is -1.46. The molecule has 0 aliphatic carbocycles. The van der Waals surface area contributed by atoms with Crippen LogP contribution in [0, 0.1) is 0 Å². The number of carbonyl (C=O) groups is 2. The number of rotatable bonds is 10. The molecule has 0 radical (unpaired) electrons. The Hall–Kier alpha value is -1.23. The largest absolute Gasteiger partial charge is 0.451 e. The van der Waals surface area contributed by atoms with Crippen LogP contribution in [0.3, 0.4) is 0 Å². The van der Waals surface area contributed by atoms with E-state index in [9.17, 15) is 24.4 Å². The van der Waals surface area contributed by atoms with Gasteiger partial charge in [0.05, 0.1) is 25.4 Å². The van der Waals surface area contributed by atoms with E-state index in [2.05, 4.69) is 5.32 Å². The molecule has 0 heterocycles. The summed E-state index contributed by atoms with van der Waals surface area (Å²) in [4.78, 5) is 23.8. The molecular weight excluding hydrogens is 397 g/mol. The maximum atomic E-state index is 12.8. The molecule has 3 atom stereocenters. The third-order valence-electron chi connectivity index (χ3n) is 2.61. The second kappa shape index (κ2) is 11.1. The lowest BCUT2D eigenvalue weighted by Gasteiger charge is -2.27.